The van der Waals surface area contributed by atoms with E-state index in [-0.39, 0.29) is 21.4 Å². The Kier molecular flexibility index (Phi) is 5.59. The number of hydrogen-bond acceptors (Lipinski definition) is 3. The second-order valence-corrected chi connectivity index (χ2v) is 8.39. The summed E-state index contributed by atoms with van der Waals surface area (Å²) in [6.07, 6.45) is -4.58. The predicted molar refractivity (Wildman–Crippen MR) is 105 cm³/mol. The van der Waals surface area contributed by atoms with E-state index in [0.29, 0.717) is 10.6 Å². The summed E-state index contributed by atoms with van der Waals surface area (Å²) in [5, 5.41) is 0.462. The molecule has 0 aliphatic carbocycles. The van der Waals surface area contributed by atoms with E-state index in [1.165, 1.54) is 23.9 Å². The second-order valence-electron chi connectivity index (χ2n) is 6.37. The second kappa shape index (κ2) is 7.64. The number of carbonyl (C=O) groups is 2. The van der Waals surface area contributed by atoms with Crippen LogP contribution in [-0.4, -0.2) is 17.1 Å². The van der Waals surface area contributed by atoms with Gasteiger partial charge in [-0.15, -0.1) is 11.8 Å². The van der Waals surface area contributed by atoms with Crippen molar-refractivity contribution in [1.29, 1.82) is 0 Å². The van der Waals surface area contributed by atoms with E-state index >= 15 is 0 Å². The Bertz CT molecular complexity index is 968. The van der Waals surface area contributed by atoms with Gasteiger partial charge in [0.25, 0.3) is 11.8 Å². The molecule has 0 unspecified atom stereocenters. The number of nitrogens with zero attached hydrogens (tertiary/aromatic N) is 1. The highest BCUT2D eigenvalue weighted by Crippen LogP contribution is 2.41. The topological polar surface area (TPSA) is 37.4 Å². The summed E-state index contributed by atoms with van der Waals surface area (Å²) in [5.41, 5.74) is -0.391. The van der Waals surface area contributed by atoms with Crippen molar-refractivity contribution in [2.75, 3.05) is 4.90 Å². The Morgan fingerprint density at radius 1 is 1.00 bits per heavy atom. The zero-order valence-corrected chi connectivity index (χ0v) is 16.5. The molecule has 3 rings (SSSR count). The number of alkyl halides is 3. The van der Waals surface area contributed by atoms with Crippen molar-refractivity contribution in [3.63, 3.8) is 0 Å². The van der Waals surface area contributed by atoms with E-state index < -0.39 is 23.6 Å². The van der Waals surface area contributed by atoms with Crippen molar-refractivity contribution >= 4 is 46.4 Å². The molecule has 0 fully saturated rings. The summed E-state index contributed by atoms with van der Waals surface area (Å²) in [4.78, 5) is 27.1. The van der Waals surface area contributed by atoms with Crippen molar-refractivity contribution in [3.8, 4) is 0 Å². The lowest BCUT2D eigenvalue weighted by molar-refractivity contribution is -0.137. The average molecular weight is 426 g/mol. The lowest BCUT2D eigenvalue weighted by Crippen LogP contribution is -2.31. The molecule has 0 radical (unpaired) electrons. The number of carbonyl (C=O) groups excluding carboxylic acids is 2. The van der Waals surface area contributed by atoms with Crippen molar-refractivity contribution in [1.82, 2.24) is 0 Å². The molecule has 0 saturated carbocycles. The number of anilines is 1. The third kappa shape index (κ3) is 3.95. The molecule has 1 aliphatic heterocycles. The molecule has 2 aromatic rings. The minimum atomic E-state index is -4.58. The van der Waals surface area contributed by atoms with Crippen molar-refractivity contribution in [2.45, 2.75) is 25.3 Å². The van der Waals surface area contributed by atoms with Gasteiger partial charge in [0.2, 0.25) is 0 Å². The number of amides is 2. The molecule has 1 aliphatic rings. The summed E-state index contributed by atoms with van der Waals surface area (Å²) in [6, 6.07) is 10.6. The number of thioether (sulfide) groups is 1. The van der Waals surface area contributed by atoms with Crippen LogP contribution in [0.25, 0.3) is 5.57 Å². The van der Waals surface area contributed by atoms with E-state index in [2.05, 4.69) is 0 Å². The molecule has 0 N–H and O–H groups in total. The first-order valence-electron chi connectivity index (χ1n) is 8.32. The van der Waals surface area contributed by atoms with Gasteiger partial charge >= 0.3 is 6.18 Å². The highest BCUT2D eigenvalue weighted by atomic mass is 35.5. The number of imide groups is 1. The minimum absolute atomic E-state index is 0.00416. The third-order valence-corrected chi connectivity index (χ3v) is 5.30. The van der Waals surface area contributed by atoms with E-state index in [4.69, 9.17) is 11.6 Å². The maximum Gasteiger partial charge on any atom is 0.416 e. The summed E-state index contributed by atoms with van der Waals surface area (Å²) in [6.45, 7) is 3.73. The number of rotatable bonds is 4. The molecule has 2 amide bonds. The minimum Gasteiger partial charge on any atom is -0.268 e. The molecule has 3 nitrogen and oxygen atoms in total. The van der Waals surface area contributed by atoms with Gasteiger partial charge in [0, 0.05) is 10.3 Å². The number of hydrogen-bond donors (Lipinski definition) is 0. The quantitative estimate of drug-likeness (QED) is 0.582. The van der Waals surface area contributed by atoms with Gasteiger partial charge in [-0.2, -0.15) is 13.2 Å². The fraction of sp³-hybridized carbons (Fsp3) is 0.200. The van der Waals surface area contributed by atoms with Crippen LogP contribution in [0.4, 0.5) is 18.9 Å². The van der Waals surface area contributed by atoms with E-state index in [9.17, 15) is 22.8 Å². The maximum absolute atomic E-state index is 13.1. The lowest BCUT2D eigenvalue weighted by Gasteiger charge is -2.17. The smallest absolute Gasteiger partial charge is 0.268 e. The Morgan fingerprint density at radius 3 is 2.21 bits per heavy atom. The van der Waals surface area contributed by atoms with Crippen LogP contribution in [0.15, 0.2) is 53.4 Å². The van der Waals surface area contributed by atoms with Crippen molar-refractivity contribution in [2.24, 2.45) is 0 Å². The van der Waals surface area contributed by atoms with Gasteiger partial charge in [0.1, 0.15) is 0 Å². The molecule has 0 aromatic heterocycles. The van der Waals surface area contributed by atoms with Crippen LogP contribution < -0.4 is 4.90 Å². The van der Waals surface area contributed by atoms with Gasteiger partial charge in [0.15, 0.2) is 0 Å². The first kappa shape index (κ1) is 20.5. The zero-order chi connectivity index (χ0) is 20.6. The molecule has 0 spiro atoms. The number of benzene rings is 2. The summed E-state index contributed by atoms with van der Waals surface area (Å²) in [5.74, 6) is -1.29. The predicted octanol–water partition coefficient (Wildman–Crippen LogP) is 5.78. The monoisotopic (exact) mass is 425 g/mol. The Morgan fingerprint density at radius 2 is 1.64 bits per heavy atom. The zero-order valence-electron chi connectivity index (χ0n) is 14.9. The van der Waals surface area contributed by atoms with Crippen molar-refractivity contribution < 1.29 is 22.8 Å². The van der Waals surface area contributed by atoms with Crippen LogP contribution >= 0.6 is 23.4 Å². The number of halogens is 4. The van der Waals surface area contributed by atoms with Crippen LogP contribution in [0.5, 0.6) is 0 Å². The van der Waals surface area contributed by atoms with Crippen LogP contribution in [0.3, 0.4) is 0 Å². The molecule has 28 heavy (non-hydrogen) atoms. The highest BCUT2D eigenvalue weighted by Gasteiger charge is 2.41. The van der Waals surface area contributed by atoms with Crippen LogP contribution in [0.1, 0.15) is 25.0 Å². The van der Waals surface area contributed by atoms with Gasteiger partial charge in [0.05, 0.1) is 21.7 Å². The summed E-state index contributed by atoms with van der Waals surface area (Å²) in [7, 11) is 0. The fourth-order valence-electron chi connectivity index (χ4n) is 2.78. The van der Waals surface area contributed by atoms with Crippen LogP contribution in [0, 0.1) is 0 Å². The molecule has 2 aromatic carbocycles. The van der Waals surface area contributed by atoms with E-state index in [1.807, 2.05) is 13.8 Å². The van der Waals surface area contributed by atoms with Gasteiger partial charge < -0.3 is 0 Å². The Balaban J connectivity index is 2.09. The van der Waals surface area contributed by atoms with E-state index in [1.54, 1.807) is 24.3 Å². The lowest BCUT2D eigenvalue weighted by atomic mass is 10.1. The summed E-state index contributed by atoms with van der Waals surface area (Å²) < 4.78 is 39.2. The molecule has 0 atom stereocenters. The molecule has 8 heteroatoms. The molecule has 0 bridgehead atoms. The van der Waals surface area contributed by atoms with Gasteiger partial charge in [-0.05, 0) is 35.9 Å². The largest absolute Gasteiger partial charge is 0.416 e. The SMILES string of the molecule is CC(C)SC1=C(c2ccc(Cl)cc2)C(=O)N(c2cccc(C(F)(F)F)c2)C1=O. The fourth-order valence-corrected chi connectivity index (χ4v) is 3.89. The average Bonchev–Trinajstić information content (AvgIpc) is 2.85. The van der Waals surface area contributed by atoms with Gasteiger partial charge in [-0.1, -0.05) is 43.6 Å². The Labute approximate surface area is 169 Å². The van der Waals surface area contributed by atoms with E-state index in [0.717, 1.165) is 17.0 Å². The Hall–Kier alpha value is -2.25. The molecule has 1 heterocycles. The maximum atomic E-state index is 13.1. The standard InChI is InChI=1S/C20H15ClF3NO2S/c1-11(2)28-17-16(12-6-8-14(21)9-7-12)18(26)25(19(17)27)15-5-3-4-13(10-15)20(22,23)24/h3-11H,1-2H3. The van der Waals surface area contributed by atoms with Crippen LogP contribution in [0.2, 0.25) is 5.02 Å². The highest BCUT2D eigenvalue weighted by molar-refractivity contribution is 8.04. The molecular formula is C20H15ClF3NO2S. The summed E-state index contributed by atoms with van der Waals surface area (Å²) >= 11 is 7.10. The third-order valence-electron chi connectivity index (χ3n) is 3.96. The first-order chi connectivity index (χ1) is 13.1. The molecule has 146 valence electrons. The van der Waals surface area contributed by atoms with Gasteiger partial charge in [-0.3, -0.25) is 9.59 Å². The first-order valence-corrected chi connectivity index (χ1v) is 9.58. The van der Waals surface area contributed by atoms with Crippen molar-refractivity contribution in [3.05, 3.63) is 69.6 Å². The normalized spacial score (nSPS) is 15.2. The molecule has 0 saturated heterocycles. The van der Waals surface area contributed by atoms with Crippen LogP contribution in [-0.2, 0) is 15.8 Å². The van der Waals surface area contributed by atoms with Gasteiger partial charge in [-0.25, -0.2) is 4.90 Å². The molecular weight excluding hydrogens is 411 g/mol.